The Balaban J connectivity index is 2.02. The van der Waals surface area contributed by atoms with Crippen LogP contribution >= 0.6 is 11.6 Å². The summed E-state index contributed by atoms with van der Waals surface area (Å²) in [5.74, 6) is 0.583. The van der Waals surface area contributed by atoms with E-state index in [4.69, 9.17) is 16.7 Å². The molecule has 1 heterocycles. The smallest absolute Gasteiger partial charge is 0.238 e. The lowest BCUT2D eigenvalue weighted by Gasteiger charge is -2.05. The third kappa shape index (κ3) is 3.88. The van der Waals surface area contributed by atoms with Gasteiger partial charge in [-0.05, 0) is 29.8 Å². The highest BCUT2D eigenvalue weighted by Gasteiger charge is 2.06. The topological polar surface area (TPSA) is 98.0 Å². The summed E-state index contributed by atoms with van der Waals surface area (Å²) in [7, 11) is -3.65. The van der Waals surface area contributed by atoms with E-state index in [2.05, 4.69) is 15.5 Å². The molecular weight excluding hydrogens is 288 g/mol. The van der Waals surface area contributed by atoms with Crippen LogP contribution in [-0.2, 0) is 16.6 Å². The van der Waals surface area contributed by atoms with Crippen LogP contribution in [-0.4, -0.2) is 18.6 Å². The maximum atomic E-state index is 11.1. The first kappa shape index (κ1) is 13.7. The third-order valence-corrected chi connectivity index (χ3v) is 3.49. The first-order chi connectivity index (χ1) is 8.95. The Labute approximate surface area is 115 Å². The van der Waals surface area contributed by atoms with E-state index in [0.717, 1.165) is 5.56 Å². The molecule has 6 nitrogen and oxygen atoms in total. The molecule has 0 aliphatic heterocycles. The first-order valence-electron chi connectivity index (χ1n) is 5.30. The lowest BCUT2D eigenvalue weighted by atomic mass is 10.2. The molecule has 0 saturated carbocycles. The molecule has 0 fully saturated rings. The van der Waals surface area contributed by atoms with E-state index in [1.54, 1.807) is 24.3 Å². The predicted molar refractivity (Wildman–Crippen MR) is 72.2 cm³/mol. The number of nitrogens with two attached hydrogens (primary N) is 1. The number of nitrogens with one attached hydrogen (secondary N) is 1. The van der Waals surface area contributed by atoms with Gasteiger partial charge in [0.1, 0.15) is 5.82 Å². The summed E-state index contributed by atoms with van der Waals surface area (Å²) in [5, 5.41) is 15.9. The predicted octanol–water partition coefficient (Wildman–Crippen LogP) is 1.39. The van der Waals surface area contributed by atoms with E-state index < -0.39 is 10.0 Å². The average Bonchev–Trinajstić information content (AvgIpc) is 2.37. The number of primary sulfonamides is 1. The van der Waals surface area contributed by atoms with Gasteiger partial charge in [0.15, 0.2) is 5.15 Å². The minimum Gasteiger partial charge on any atom is -0.365 e. The van der Waals surface area contributed by atoms with Crippen LogP contribution in [0.4, 0.5) is 5.82 Å². The fraction of sp³-hybridized carbons (Fsp3) is 0.0909. The zero-order valence-electron chi connectivity index (χ0n) is 9.75. The molecule has 0 radical (unpaired) electrons. The molecule has 1 aromatic carbocycles. The van der Waals surface area contributed by atoms with Crippen LogP contribution in [0.3, 0.4) is 0 Å². The van der Waals surface area contributed by atoms with Crippen molar-refractivity contribution in [2.45, 2.75) is 11.4 Å². The number of hydrogen-bond acceptors (Lipinski definition) is 5. The Kier molecular flexibility index (Phi) is 3.98. The minimum absolute atomic E-state index is 0.0857. The van der Waals surface area contributed by atoms with Crippen molar-refractivity contribution in [3.63, 3.8) is 0 Å². The second-order valence-electron chi connectivity index (χ2n) is 3.78. The summed E-state index contributed by atoms with van der Waals surface area (Å²) >= 11 is 5.62. The Morgan fingerprint density at radius 3 is 2.32 bits per heavy atom. The van der Waals surface area contributed by atoms with Gasteiger partial charge < -0.3 is 5.32 Å². The van der Waals surface area contributed by atoms with Crippen LogP contribution in [0.25, 0.3) is 0 Å². The molecule has 0 amide bonds. The minimum atomic E-state index is -3.65. The highest BCUT2D eigenvalue weighted by molar-refractivity contribution is 7.89. The van der Waals surface area contributed by atoms with E-state index in [1.807, 2.05) is 0 Å². The van der Waals surface area contributed by atoms with E-state index >= 15 is 0 Å². The van der Waals surface area contributed by atoms with Gasteiger partial charge in [-0.15, -0.1) is 10.2 Å². The number of aromatic nitrogens is 2. The molecule has 0 spiro atoms. The van der Waals surface area contributed by atoms with E-state index in [0.29, 0.717) is 17.5 Å². The third-order valence-electron chi connectivity index (χ3n) is 2.36. The maximum Gasteiger partial charge on any atom is 0.238 e. The molecular formula is C11H11ClN4O2S. The van der Waals surface area contributed by atoms with Crippen LogP contribution in [0, 0.1) is 0 Å². The molecule has 100 valence electrons. The zero-order valence-corrected chi connectivity index (χ0v) is 11.3. The van der Waals surface area contributed by atoms with Gasteiger partial charge in [0, 0.05) is 6.54 Å². The number of nitrogens with zero attached hydrogens (tertiary/aromatic N) is 2. The van der Waals surface area contributed by atoms with Gasteiger partial charge in [-0.3, -0.25) is 0 Å². The van der Waals surface area contributed by atoms with Crippen LogP contribution in [0.15, 0.2) is 41.3 Å². The number of hydrogen-bond donors (Lipinski definition) is 2. The maximum absolute atomic E-state index is 11.1. The van der Waals surface area contributed by atoms with Crippen LogP contribution in [0.1, 0.15) is 5.56 Å². The molecule has 2 aromatic rings. The van der Waals surface area contributed by atoms with Gasteiger partial charge in [-0.25, -0.2) is 13.6 Å². The largest absolute Gasteiger partial charge is 0.365 e. The van der Waals surface area contributed by atoms with Gasteiger partial charge in [-0.2, -0.15) is 0 Å². The fourth-order valence-corrected chi connectivity index (χ4v) is 2.02. The van der Waals surface area contributed by atoms with E-state index in [9.17, 15) is 8.42 Å². The lowest BCUT2D eigenvalue weighted by molar-refractivity contribution is 0.598. The molecule has 0 bridgehead atoms. The Morgan fingerprint density at radius 1 is 1.11 bits per heavy atom. The first-order valence-corrected chi connectivity index (χ1v) is 7.22. The highest BCUT2D eigenvalue weighted by Crippen LogP contribution is 2.11. The summed E-state index contributed by atoms with van der Waals surface area (Å²) in [6, 6.07) is 9.60. The number of anilines is 1. The number of rotatable bonds is 4. The molecule has 0 atom stereocenters. The van der Waals surface area contributed by atoms with Crippen molar-refractivity contribution in [3.8, 4) is 0 Å². The second kappa shape index (κ2) is 5.52. The van der Waals surface area contributed by atoms with Crippen LogP contribution in [0.2, 0.25) is 5.15 Å². The molecule has 1 aromatic heterocycles. The van der Waals surface area contributed by atoms with Crippen LogP contribution < -0.4 is 10.5 Å². The van der Waals surface area contributed by atoms with E-state index in [-0.39, 0.29) is 4.90 Å². The molecule has 3 N–H and O–H groups in total. The van der Waals surface area contributed by atoms with Crippen molar-refractivity contribution in [3.05, 3.63) is 47.1 Å². The lowest BCUT2D eigenvalue weighted by Crippen LogP contribution is -2.12. The number of benzene rings is 1. The van der Waals surface area contributed by atoms with Crippen molar-refractivity contribution in [1.29, 1.82) is 0 Å². The molecule has 0 aliphatic carbocycles. The monoisotopic (exact) mass is 298 g/mol. The quantitative estimate of drug-likeness (QED) is 0.889. The van der Waals surface area contributed by atoms with Crippen molar-refractivity contribution in [1.82, 2.24) is 10.2 Å². The van der Waals surface area contributed by atoms with Crippen molar-refractivity contribution in [2.75, 3.05) is 5.32 Å². The zero-order chi connectivity index (χ0) is 13.9. The van der Waals surface area contributed by atoms with Crippen LogP contribution in [0.5, 0.6) is 0 Å². The van der Waals surface area contributed by atoms with Gasteiger partial charge in [0.25, 0.3) is 0 Å². The normalized spacial score (nSPS) is 11.3. The van der Waals surface area contributed by atoms with Crippen molar-refractivity contribution >= 4 is 27.4 Å². The second-order valence-corrected chi connectivity index (χ2v) is 5.73. The van der Waals surface area contributed by atoms with Gasteiger partial charge in [0.2, 0.25) is 10.0 Å². The molecule has 19 heavy (non-hydrogen) atoms. The Hall–Kier alpha value is -1.70. The number of sulfonamides is 1. The van der Waals surface area contributed by atoms with Gasteiger partial charge in [0.05, 0.1) is 4.90 Å². The standard InChI is InChI=1S/C11H11ClN4O2S/c12-10-5-6-11(16-15-10)14-7-8-1-3-9(4-2-8)19(13,17)18/h1-6H,7H2,(H,14,16)(H2,13,17,18). The summed E-state index contributed by atoms with van der Waals surface area (Å²) in [6.07, 6.45) is 0. The summed E-state index contributed by atoms with van der Waals surface area (Å²) in [4.78, 5) is 0.0857. The van der Waals surface area contributed by atoms with Gasteiger partial charge in [-0.1, -0.05) is 23.7 Å². The summed E-state index contributed by atoms with van der Waals surface area (Å²) in [5.41, 5.74) is 0.893. The fourth-order valence-electron chi connectivity index (χ4n) is 1.40. The average molecular weight is 299 g/mol. The Bertz CT molecular complexity index is 656. The Morgan fingerprint density at radius 2 is 1.79 bits per heavy atom. The summed E-state index contributed by atoms with van der Waals surface area (Å²) < 4.78 is 22.2. The molecule has 0 saturated heterocycles. The summed E-state index contributed by atoms with van der Waals surface area (Å²) in [6.45, 7) is 0.487. The molecule has 2 rings (SSSR count). The molecule has 0 unspecified atom stereocenters. The SMILES string of the molecule is NS(=O)(=O)c1ccc(CNc2ccc(Cl)nn2)cc1. The number of halogens is 1. The molecule has 8 heteroatoms. The molecule has 0 aliphatic rings. The van der Waals surface area contributed by atoms with Gasteiger partial charge >= 0.3 is 0 Å². The highest BCUT2D eigenvalue weighted by atomic mass is 35.5. The van der Waals surface area contributed by atoms with E-state index in [1.165, 1.54) is 12.1 Å². The van der Waals surface area contributed by atoms with Crippen molar-refractivity contribution < 1.29 is 8.42 Å². The van der Waals surface area contributed by atoms with Crippen molar-refractivity contribution in [2.24, 2.45) is 5.14 Å².